The van der Waals surface area contributed by atoms with Crippen molar-refractivity contribution >= 4 is 16.8 Å². The van der Waals surface area contributed by atoms with Gasteiger partial charge >= 0.3 is 0 Å². The van der Waals surface area contributed by atoms with Gasteiger partial charge in [0.1, 0.15) is 5.75 Å². The number of benzene rings is 2. The molecule has 4 rings (SSSR count). The van der Waals surface area contributed by atoms with Gasteiger partial charge in [0, 0.05) is 29.9 Å². The third-order valence-corrected chi connectivity index (χ3v) is 4.78. The predicted octanol–water partition coefficient (Wildman–Crippen LogP) is 4.28. The first-order valence-corrected chi connectivity index (χ1v) is 9.46. The maximum Gasteiger partial charge on any atom is 0.252 e. The number of rotatable bonds is 6. The van der Waals surface area contributed by atoms with E-state index in [4.69, 9.17) is 9.72 Å². The molecule has 5 nitrogen and oxygen atoms in total. The lowest BCUT2D eigenvalue weighted by atomic mass is 10.0. The summed E-state index contributed by atoms with van der Waals surface area (Å²) >= 11 is 0. The average Bonchev–Trinajstić information content (AvgIpc) is 2.79. The second-order valence-electron chi connectivity index (χ2n) is 6.67. The lowest BCUT2D eigenvalue weighted by Crippen LogP contribution is -2.26. The van der Waals surface area contributed by atoms with E-state index < -0.39 is 0 Å². The zero-order valence-corrected chi connectivity index (χ0v) is 16.1. The molecule has 0 atom stereocenters. The standard InChI is InChI=1S/C24H21N3O2/c1-29-19-10-8-17(9-11-19)12-14-26-24(28)21-15-23(18-5-4-13-25-16-18)27-22-7-3-2-6-20(21)22/h2-11,13,15-16H,12,14H2,1H3,(H,26,28). The van der Waals surface area contributed by atoms with Crippen molar-refractivity contribution in [1.82, 2.24) is 15.3 Å². The van der Waals surface area contributed by atoms with E-state index in [2.05, 4.69) is 10.3 Å². The largest absolute Gasteiger partial charge is 0.497 e. The average molecular weight is 383 g/mol. The smallest absolute Gasteiger partial charge is 0.252 e. The molecule has 0 fully saturated rings. The van der Waals surface area contributed by atoms with Crippen molar-refractivity contribution in [3.05, 3.63) is 90.3 Å². The summed E-state index contributed by atoms with van der Waals surface area (Å²) in [4.78, 5) is 21.8. The molecule has 5 heteroatoms. The molecule has 1 N–H and O–H groups in total. The number of nitrogens with zero attached hydrogens (tertiary/aromatic N) is 2. The quantitative estimate of drug-likeness (QED) is 0.540. The number of ether oxygens (including phenoxy) is 1. The van der Waals surface area contributed by atoms with Crippen molar-refractivity contribution in [2.75, 3.05) is 13.7 Å². The molecule has 0 spiro atoms. The molecule has 0 radical (unpaired) electrons. The lowest BCUT2D eigenvalue weighted by molar-refractivity contribution is 0.0955. The first-order valence-electron chi connectivity index (χ1n) is 9.46. The van der Waals surface area contributed by atoms with Crippen molar-refractivity contribution in [2.24, 2.45) is 0 Å². The summed E-state index contributed by atoms with van der Waals surface area (Å²) < 4.78 is 5.18. The van der Waals surface area contributed by atoms with E-state index in [0.717, 1.165) is 39.9 Å². The molecule has 0 saturated heterocycles. The molecule has 0 bridgehead atoms. The number of carbonyl (C=O) groups is 1. The van der Waals surface area contributed by atoms with Crippen LogP contribution in [0, 0.1) is 0 Å². The number of amides is 1. The maximum atomic E-state index is 13.0. The number of aromatic nitrogens is 2. The number of fused-ring (bicyclic) bond motifs is 1. The first kappa shape index (κ1) is 18.6. The van der Waals surface area contributed by atoms with Gasteiger partial charge in [0.05, 0.1) is 23.9 Å². The van der Waals surface area contributed by atoms with Gasteiger partial charge in [-0.05, 0) is 48.4 Å². The van der Waals surface area contributed by atoms with Crippen molar-refractivity contribution in [3.8, 4) is 17.0 Å². The van der Waals surface area contributed by atoms with Crippen LogP contribution in [0.25, 0.3) is 22.2 Å². The Balaban J connectivity index is 1.56. The van der Waals surface area contributed by atoms with E-state index in [1.807, 2.05) is 66.7 Å². The SMILES string of the molecule is COc1ccc(CCNC(=O)c2cc(-c3cccnc3)nc3ccccc23)cc1. The number of para-hydroxylation sites is 1. The van der Waals surface area contributed by atoms with Crippen LogP contribution in [-0.2, 0) is 6.42 Å². The van der Waals surface area contributed by atoms with Crippen LogP contribution < -0.4 is 10.1 Å². The second-order valence-corrected chi connectivity index (χ2v) is 6.67. The van der Waals surface area contributed by atoms with Crippen LogP contribution in [0.3, 0.4) is 0 Å². The van der Waals surface area contributed by atoms with Crippen LogP contribution in [0.5, 0.6) is 5.75 Å². The van der Waals surface area contributed by atoms with Gasteiger partial charge in [0.2, 0.25) is 0 Å². The molecule has 144 valence electrons. The van der Waals surface area contributed by atoms with Gasteiger partial charge < -0.3 is 10.1 Å². The van der Waals surface area contributed by atoms with Gasteiger partial charge in [-0.15, -0.1) is 0 Å². The highest BCUT2D eigenvalue weighted by molar-refractivity contribution is 6.07. The van der Waals surface area contributed by atoms with Crippen LogP contribution in [0.2, 0.25) is 0 Å². The highest BCUT2D eigenvalue weighted by Crippen LogP contribution is 2.24. The Labute approximate surface area is 169 Å². The Morgan fingerprint density at radius 3 is 2.62 bits per heavy atom. The fourth-order valence-electron chi connectivity index (χ4n) is 3.23. The van der Waals surface area contributed by atoms with E-state index in [9.17, 15) is 4.79 Å². The van der Waals surface area contributed by atoms with Crippen LogP contribution in [0.4, 0.5) is 0 Å². The first-order chi connectivity index (χ1) is 14.2. The van der Waals surface area contributed by atoms with Crippen LogP contribution in [0.15, 0.2) is 79.1 Å². The maximum absolute atomic E-state index is 13.0. The molecule has 0 saturated carbocycles. The number of hydrogen-bond donors (Lipinski definition) is 1. The molecular weight excluding hydrogens is 362 g/mol. The van der Waals surface area contributed by atoms with Gasteiger partial charge in [0.25, 0.3) is 5.91 Å². The van der Waals surface area contributed by atoms with Gasteiger partial charge in [0.15, 0.2) is 0 Å². The summed E-state index contributed by atoms with van der Waals surface area (Å²) in [5.41, 5.74) is 4.16. The number of carbonyl (C=O) groups excluding carboxylic acids is 1. The Hall–Kier alpha value is -3.73. The van der Waals surface area contributed by atoms with Crippen molar-refractivity contribution < 1.29 is 9.53 Å². The summed E-state index contributed by atoms with van der Waals surface area (Å²) in [7, 11) is 1.65. The molecule has 2 aromatic heterocycles. The van der Waals surface area contributed by atoms with Crippen molar-refractivity contribution in [2.45, 2.75) is 6.42 Å². The minimum Gasteiger partial charge on any atom is -0.497 e. The van der Waals surface area contributed by atoms with Gasteiger partial charge in [-0.3, -0.25) is 9.78 Å². The topological polar surface area (TPSA) is 64.1 Å². The van der Waals surface area contributed by atoms with Gasteiger partial charge in [-0.2, -0.15) is 0 Å². The molecule has 0 aliphatic carbocycles. The highest BCUT2D eigenvalue weighted by Gasteiger charge is 2.13. The van der Waals surface area contributed by atoms with Crippen molar-refractivity contribution in [3.63, 3.8) is 0 Å². The zero-order chi connectivity index (χ0) is 20.1. The molecule has 2 aromatic carbocycles. The summed E-state index contributed by atoms with van der Waals surface area (Å²) in [5, 5.41) is 3.87. The third-order valence-electron chi connectivity index (χ3n) is 4.78. The number of methoxy groups -OCH3 is 1. The summed E-state index contributed by atoms with van der Waals surface area (Å²) in [6, 6.07) is 21.2. The van der Waals surface area contributed by atoms with E-state index in [1.165, 1.54) is 0 Å². The molecule has 0 aliphatic rings. The number of pyridine rings is 2. The lowest BCUT2D eigenvalue weighted by Gasteiger charge is -2.11. The molecule has 0 unspecified atom stereocenters. The van der Waals surface area contributed by atoms with Crippen LogP contribution in [0.1, 0.15) is 15.9 Å². The molecular formula is C24H21N3O2. The molecule has 1 amide bonds. The summed E-state index contributed by atoms with van der Waals surface area (Å²) in [5.74, 6) is 0.714. The van der Waals surface area contributed by atoms with Crippen molar-refractivity contribution in [1.29, 1.82) is 0 Å². The Bertz CT molecular complexity index is 1130. The summed E-state index contributed by atoms with van der Waals surface area (Å²) in [6.07, 6.45) is 4.22. The van der Waals surface area contributed by atoms with E-state index in [1.54, 1.807) is 19.5 Å². The number of hydrogen-bond acceptors (Lipinski definition) is 4. The Kier molecular flexibility index (Phi) is 5.47. The van der Waals surface area contributed by atoms with E-state index in [0.29, 0.717) is 12.1 Å². The van der Waals surface area contributed by atoms with Gasteiger partial charge in [-0.25, -0.2) is 4.98 Å². The second kappa shape index (κ2) is 8.52. The molecule has 2 heterocycles. The third kappa shape index (κ3) is 4.24. The van der Waals surface area contributed by atoms with Crippen LogP contribution >= 0.6 is 0 Å². The fraction of sp³-hybridized carbons (Fsp3) is 0.125. The predicted molar refractivity (Wildman–Crippen MR) is 114 cm³/mol. The van der Waals surface area contributed by atoms with E-state index in [-0.39, 0.29) is 5.91 Å². The van der Waals surface area contributed by atoms with Crippen LogP contribution in [-0.4, -0.2) is 29.5 Å². The fourth-order valence-corrected chi connectivity index (χ4v) is 3.23. The summed E-state index contributed by atoms with van der Waals surface area (Å²) in [6.45, 7) is 0.546. The number of nitrogens with one attached hydrogen (secondary N) is 1. The monoisotopic (exact) mass is 383 g/mol. The minimum atomic E-state index is -0.109. The normalized spacial score (nSPS) is 10.7. The zero-order valence-electron chi connectivity index (χ0n) is 16.1. The highest BCUT2D eigenvalue weighted by atomic mass is 16.5. The Morgan fingerprint density at radius 2 is 1.86 bits per heavy atom. The molecule has 4 aromatic rings. The minimum absolute atomic E-state index is 0.109. The van der Waals surface area contributed by atoms with E-state index >= 15 is 0 Å². The molecule has 29 heavy (non-hydrogen) atoms. The van der Waals surface area contributed by atoms with Gasteiger partial charge in [-0.1, -0.05) is 30.3 Å². The molecule has 0 aliphatic heterocycles. The Morgan fingerprint density at radius 1 is 1.03 bits per heavy atom.